The van der Waals surface area contributed by atoms with Gasteiger partial charge in [0.1, 0.15) is 0 Å². The van der Waals surface area contributed by atoms with Crippen molar-refractivity contribution in [2.75, 3.05) is 20.3 Å². The first-order valence-electron chi connectivity index (χ1n) is 8.53. The number of likely N-dealkylation sites (tertiary alicyclic amines) is 1. The van der Waals surface area contributed by atoms with Crippen molar-refractivity contribution in [2.24, 2.45) is 7.05 Å². The third-order valence-corrected chi connectivity index (χ3v) is 5.04. The maximum absolute atomic E-state index is 5.22. The molecule has 0 aromatic carbocycles. The highest BCUT2D eigenvalue weighted by atomic mass is 16.5. The molecule has 4 heteroatoms. The van der Waals surface area contributed by atoms with E-state index in [0.29, 0.717) is 0 Å². The molecule has 3 rings (SSSR count). The van der Waals surface area contributed by atoms with Crippen LogP contribution < -0.4 is 0 Å². The van der Waals surface area contributed by atoms with Crippen LogP contribution in [0, 0.1) is 0 Å². The van der Waals surface area contributed by atoms with Crippen molar-refractivity contribution in [1.29, 1.82) is 0 Å². The van der Waals surface area contributed by atoms with Gasteiger partial charge in [0.2, 0.25) is 0 Å². The van der Waals surface area contributed by atoms with E-state index in [1.54, 1.807) is 7.11 Å². The van der Waals surface area contributed by atoms with Gasteiger partial charge in [-0.25, -0.2) is 0 Å². The molecule has 1 aliphatic heterocycles. The van der Waals surface area contributed by atoms with Crippen LogP contribution in [-0.2, 0) is 18.3 Å². The molecule has 1 saturated heterocycles. The van der Waals surface area contributed by atoms with E-state index in [1.807, 2.05) is 0 Å². The largest absolute Gasteiger partial charge is 0.385 e. The average Bonchev–Trinajstić information content (AvgIpc) is 3.26. The lowest BCUT2D eigenvalue weighted by Gasteiger charge is -2.36. The quantitative estimate of drug-likeness (QED) is 0.723. The highest BCUT2D eigenvalue weighted by molar-refractivity contribution is 5.25. The lowest BCUT2D eigenvalue weighted by molar-refractivity contribution is 0.116. The monoisotopic (exact) mass is 291 g/mol. The van der Waals surface area contributed by atoms with Gasteiger partial charge in [0, 0.05) is 50.5 Å². The molecule has 0 radical (unpaired) electrons. The predicted molar refractivity (Wildman–Crippen MR) is 84.3 cm³/mol. The van der Waals surface area contributed by atoms with Crippen LogP contribution in [0.1, 0.15) is 62.1 Å². The Balaban J connectivity index is 1.64. The summed E-state index contributed by atoms with van der Waals surface area (Å²) in [5.41, 5.74) is 2.97. The Bertz CT molecular complexity index is 453. The number of nitrogens with zero attached hydrogens (tertiary/aromatic N) is 3. The van der Waals surface area contributed by atoms with E-state index in [2.05, 4.69) is 27.9 Å². The molecule has 1 aliphatic carbocycles. The van der Waals surface area contributed by atoms with E-state index in [1.165, 1.54) is 62.7 Å². The molecule has 21 heavy (non-hydrogen) atoms. The molecule has 4 nitrogen and oxygen atoms in total. The molecular weight excluding hydrogens is 262 g/mol. The number of aromatic nitrogens is 2. The number of piperidine rings is 1. The number of ether oxygens (including phenoxy) is 1. The molecule has 1 aromatic rings. The van der Waals surface area contributed by atoms with Crippen LogP contribution in [0.4, 0.5) is 0 Å². The van der Waals surface area contributed by atoms with Crippen molar-refractivity contribution >= 4 is 0 Å². The fraction of sp³-hybridized carbons (Fsp3) is 0.824. The molecule has 0 spiro atoms. The van der Waals surface area contributed by atoms with Crippen LogP contribution in [-0.4, -0.2) is 41.0 Å². The van der Waals surface area contributed by atoms with Crippen LogP contribution >= 0.6 is 0 Å². The van der Waals surface area contributed by atoms with Gasteiger partial charge in [-0.1, -0.05) is 6.42 Å². The lowest BCUT2D eigenvalue weighted by Crippen LogP contribution is -2.39. The maximum atomic E-state index is 5.22. The Morgan fingerprint density at radius 1 is 1.29 bits per heavy atom. The summed E-state index contributed by atoms with van der Waals surface area (Å²) < 4.78 is 7.32. The minimum Gasteiger partial charge on any atom is -0.385 e. The van der Waals surface area contributed by atoms with Crippen molar-refractivity contribution in [3.05, 3.63) is 17.5 Å². The minimum absolute atomic E-state index is 0.737. The van der Waals surface area contributed by atoms with Gasteiger partial charge in [-0.05, 0) is 45.1 Å². The first-order chi connectivity index (χ1) is 10.3. The topological polar surface area (TPSA) is 30.3 Å². The van der Waals surface area contributed by atoms with Crippen LogP contribution in [0.5, 0.6) is 0 Å². The first kappa shape index (κ1) is 15.0. The highest BCUT2D eigenvalue weighted by Gasteiger charge is 2.31. The van der Waals surface area contributed by atoms with E-state index in [0.717, 1.165) is 25.1 Å². The van der Waals surface area contributed by atoms with Crippen molar-refractivity contribution in [1.82, 2.24) is 14.7 Å². The number of methoxy groups -OCH3 is 1. The number of hydrogen-bond donors (Lipinski definition) is 0. The second-order valence-electron chi connectivity index (χ2n) is 6.71. The molecule has 2 fully saturated rings. The Labute approximate surface area is 128 Å². The Morgan fingerprint density at radius 3 is 2.90 bits per heavy atom. The second kappa shape index (κ2) is 6.93. The summed E-state index contributed by atoms with van der Waals surface area (Å²) in [6.45, 7) is 3.23. The molecule has 0 N–H and O–H groups in total. The molecule has 0 unspecified atom stereocenters. The fourth-order valence-electron chi connectivity index (χ4n) is 3.77. The zero-order chi connectivity index (χ0) is 14.7. The van der Waals surface area contributed by atoms with Crippen LogP contribution in [0.2, 0.25) is 0 Å². The van der Waals surface area contributed by atoms with Gasteiger partial charge in [0.25, 0.3) is 0 Å². The number of aryl methyl sites for hydroxylation is 1. The Hall–Kier alpha value is -0.870. The SMILES string of the molecule is COCCC[C@H]1CCCCN1Cc1cnn(C)c1C1CC1. The van der Waals surface area contributed by atoms with Crippen molar-refractivity contribution in [2.45, 2.75) is 63.5 Å². The van der Waals surface area contributed by atoms with Gasteiger partial charge in [0.05, 0.1) is 6.20 Å². The summed E-state index contributed by atoms with van der Waals surface area (Å²) >= 11 is 0. The fourth-order valence-corrected chi connectivity index (χ4v) is 3.77. The summed E-state index contributed by atoms with van der Waals surface area (Å²) in [7, 11) is 3.90. The highest BCUT2D eigenvalue weighted by Crippen LogP contribution is 2.41. The van der Waals surface area contributed by atoms with E-state index in [4.69, 9.17) is 4.74 Å². The zero-order valence-electron chi connectivity index (χ0n) is 13.6. The van der Waals surface area contributed by atoms with Gasteiger partial charge < -0.3 is 4.74 Å². The van der Waals surface area contributed by atoms with Gasteiger partial charge in [-0.2, -0.15) is 5.10 Å². The Kier molecular flexibility index (Phi) is 4.96. The molecular formula is C17H29N3O. The van der Waals surface area contributed by atoms with Crippen molar-refractivity contribution < 1.29 is 4.74 Å². The predicted octanol–water partition coefficient (Wildman–Crippen LogP) is 3.08. The van der Waals surface area contributed by atoms with Crippen LogP contribution in [0.3, 0.4) is 0 Å². The third-order valence-electron chi connectivity index (χ3n) is 5.04. The van der Waals surface area contributed by atoms with E-state index >= 15 is 0 Å². The first-order valence-corrected chi connectivity index (χ1v) is 8.53. The third kappa shape index (κ3) is 3.67. The van der Waals surface area contributed by atoms with Gasteiger partial charge in [0.15, 0.2) is 0 Å². The van der Waals surface area contributed by atoms with Gasteiger partial charge in [-0.3, -0.25) is 9.58 Å². The minimum atomic E-state index is 0.737. The van der Waals surface area contributed by atoms with Crippen LogP contribution in [0.15, 0.2) is 6.20 Å². The molecule has 0 bridgehead atoms. The second-order valence-corrected chi connectivity index (χ2v) is 6.71. The molecule has 0 amide bonds. The van der Waals surface area contributed by atoms with Crippen molar-refractivity contribution in [3.63, 3.8) is 0 Å². The van der Waals surface area contributed by atoms with E-state index < -0.39 is 0 Å². The average molecular weight is 291 g/mol. The molecule has 2 aliphatic rings. The standard InChI is InChI=1S/C17H29N3O/c1-19-17(14-8-9-14)15(12-18-19)13-20-10-4-3-6-16(20)7-5-11-21-2/h12,14,16H,3-11,13H2,1-2H3/t16-/m1/s1. The summed E-state index contributed by atoms with van der Waals surface area (Å²) in [5, 5.41) is 4.51. The maximum Gasteiger partial charge on any atom is 0.0537 e. The summed E-state index contributed by atoms with van der Waals surface area (Å²) in [6, 6.07) is 0.737. The van der Waals surface area contributed by atoms with E-state index in [9.17, 15) is 0 Å². The van der Waals surface area contributed by atoms with E-state index in [-0.39, 0.29) is 0 Å². The Morgan fingerprint density at radius 2 is 2.14 bits per heavy atom. The molecule has 2 heterocycles. The number of hydrogen-bond acceptors (Lipinski definition) is 3. The summed E-state index contributed by atoms with van der Waals surface area (Å²) in [6.07, 6.45) is 11.3. The molecule has 118 valence electrons. The molecule has 1 atom stereocenters. The lowest BCUT2D eigenvalue weighted by atomic mass is 9.97. The van der Waals surface area contributed by atoms with Crippen molar-refractivity contribution in [3.8, 4) is 0 Å². The normalized spacial score (nSPS) is 23.6. The zero-order valence-corrected chi connectivity index (χ0v) is 13.6. The molecule has 1 aromatic heterocycles. The summed E-state index contributed by atoms with van der Waals surface area (Å²) in [4.78, 5) is 2.70. The van der Waals surface area contributed by atoms with Gasteiger partial charge >= 0.3 is 0 Å². The molecule has 1 saturated carbocycles. The van der Waals surface area contributed by atoms with Gasteiger partial charge in [-0.15, -0.1) is 0 Å². The number of rotatable bonds is 7. The van der Waals surface area contributed by atoms with Crippen LogP contribution in [0.25, 0.3) is 0 Å². The summed E-state index contributed by atoms with van der Waals surface area (Å²) in [5.74, 6) is 0.782. The smallest absolute Gasteiger partial charge is 0.0537 e.